The molecular weight excluding hydrogens is 318 g/mol. The van der Waals surface area contributed by atoms with Crippen LogP contribution in [-0.2, 0) is 16.0 Å². The van der Waals surface area contributed by atoms with Crippen molar-refractivity contribution in [1.29, 1.82) is 0 Å². The summed E-state index contributed by atoms with van der Waals surface area (Å²) < 4.78 is 0. The molecule has 1 N–H and O–H groups in total. The molecule has 0 radical (unpaired) electrons. The third-order valence-corrected chi connectivity index (χ3v) is 4.49. The predicted octanol–water partition coefficient (Wildman–Crippen LogP) is 0.731. The Labute approximate surface area is 149 Å². The van der Waals surface area contributed by atoms with E-state index in [0.29, 0.717) is 25.9 Å². The van der Waals surface area contributed by atoms with Crippen LogP contribution in [0, 0.1) is 6.92 Å². The van der Waals surface area contributed by atoms with Crippen molar-refractivity contribution in [3.63, 3.8) is 0 Å². The largest absolute Gasteiger partial charge is 0.349 e. The van der Waals surface area contributed by atoms with E-state index in [1.165, 1.54) is 0 Å². The number of amides is 2. The van der Waals surface area contributed by atoms with Crippen molar-refractivity contribution in [3.8, 4) is 0 Å². The van der Waals surface area contributed by atoms with Crippen molar-refractivity contribution in [2.75, 3.05) is 40.8 Å². The Morgan fingerprint density at radius 2 is 2.12 bits per heavy atom. The topological polar surface area (TPSA) is 78.4 Å². The summed E-state index contributed by atoms with van der Waals surface area (Å²) in [5.41, 5.74) is 1.81. The molecule has 1 aliphatic heterocycles. The number of carbonyl (C=O) groups excluding carboxylic acids is 2. The van der Waals surface area contributed by atoms with Crippen LogP contribution in [0.15, 0.2) is 6.07 Å². The highest BCUT2D eigenvalue weighted by Crippen LogP contribution is 2.25. The lowest BCUT2D eigenvalue weighted by molar-refractivity contribution is -0.131. The van der Waals surface area contributed by atoms with Crippen molar-refractivity contribution in [2.24, 2.45) is 0 Å². The van der Waals surface area contributed by atoms with Gasteiger partial charge in [0.15, 0.2) is 0 Å². The average molecular weight is 347 g/mol. The number of aryl methyl sites for hydroxylation is 2. The van der Waals surface area contributed by atoms with Crippen molar-refractivity contribution in [1.82, 2.24) is 25.1 Å². The Morgan fingerprint density at radius 1 is 1.36 bits per heavy atom. The molecule has 7 heteroatoms. The van der Waals surface area contributed by atoms with Gasteiger partial charge in [-0.25, -0.2) is 9.97 Å². The van der Waals surface area contributed by atoms with E-state index in [9.17, 15) is 9.59 Å². The van der Waals surface area contributed by atoms with E-state index in [1.807, 2.05) is 17.9 Å². The molecule has 2 rings (SSSR count). The van der Waals surface area contributed by atoms with Gasteiger partial charge in [-0.2, -0.15) is 0 Å². The van der Waals surface area contributed by atoms with Gasteiger partial charge < -0.3 is 15.1 Å². The fourth-order valence-corrected chi connectivity index (χ4v) is 3.11. The molecule has 25 heavy (non-hydrogen) atoms. The maximum Gasteiger partial charge on any atom is 0.236 e. The second kappa shape index (κ2) is 8.89. The summed E-state index contributed by atoms with van der Waals surface area (Å²) in [7, 11) is 5.31. The molecule has 1 aromatic rings. The summed E-state index contributed by atoms with van der Waals surface area (Å²) in [6.07, 6.45) is 3.01. The third kappa shape index (κ3) is 5.49. The Balaban J connectivity index is 2.07. The molecule has 1 saturated heterocycles. The smallest absolute Gasteiger partial charge is 0.236 e. The first-order valence-electron chi connectivity index (χ1n) is 8.87. The maximum absolute atomic E-state index is 12.1. The van der Waals surface area contributed by atoms with Crippen molar-refractivity contribution in [2.45, 2.75) is 38.5 Å². The zero-order valence-electron chi connectivity index (χ0n) is 15.7. The van der Waals surface area contributed by atoms with Crippen molar-refractivity contribution in [3.05, 3.63) is 23.3 Å². The lowest BCUT2D eigenvalue weighted by Crippen LogP contribution is -2.43. The zero-order valence-corrected chi connectivity index (χ0v) is 15.7. The molecule has 0 unspecified atom stereocenters. The van der Waals surface area contributed by atoms with E-state index in [2.05, 4.69) is 10.3 Å². The highest BCUT2D eigenvalue weighted by molar-refractivity contribution is 5.78. The first-order valence-corrected chi connectivity index (χ1v) is 8.87. The molecule has 138 valence electrons. The Kier molecular flexibility index (Phi) is 6.87. The average Bonchev–Trinajstić information content (AvgIpc) is 2.59. The van der Waals surface area contributed by atoms with Gasteiger partial charge in [-0.05, 0) is 39.3 Å². The van der Waals surface area contributed by atoms with Crippen LogP contribution >= 0.6 is 0 Å². The summed E-state index contributed by atoms with van der Waals surface area (Å²) in [4.78, 5) is 36.7. The van der Waals surface area contributed by atoms with Gasteiger partial charge in [-0.3, -0.25) is 9.59 Å². The molecule has 7 nitrogen and oxygen atoms in total. The van der Waals surface area contributed by atoms with Crippen LogP contribution in [0.2, 0.25) is 0 Å². The van der Waals surface area contributed by atoms with Crippen molar-refractivity contribution < 1.29 is 9.59 Å². The van der Waals surface area contributed by atoms with Gasteiger partial charge >= 0.3 is 0 Å². The van der Waals surface area contributed by atoms with Gasteiger partial charge in [0.25, 0.3) is 0 Å². The number of carbonyl (C=O) groups is 2. The number of likely N-dealkylation sites (N-methyl/N-ethyl adjacent to an activating group) is 1. The van der Waals surface area contributed by atoms with Crippen LogP contribution in [0.3, 0.4) is 0 Å². The van der Waals surface area contributed by atoms with E-state index in [1.54, 1.807) is 26.0 Å². The second-order valence-corrected chi connectivity index (χ2v) is 6.86. The Hall–Kier alpha value is -2.02. The second-order valence-electron chi connectivity index (χ2n) is 6.86. The first kappa shape index (κ1) is 19.3. The van der Waals surface area contributed by atoms with Crippen LogP contribution in [0.25, 0.3) is 0 Å². The number of rotatable bonds is 6. The molecule has 0 aliphatic carbocycles. The monoisotopic (exact) mass is 347 g/mol. The number of aromatic nitrogens is 2. The normalized spacial score (nSPS) is 17.4. The fraction of sp³-hybridized carbons (Fsp3) is 0.667. The number of piperidine rings is 1. The standard InChI is InChI=1S/C18H29N5O2/c1-13-10-15(7-8-16(24)22(3)4)21-18(20-13)14-6-5-9-23(12-14)17(25)11-19-2/h10,14,19H,5-9,11-12H2,1-4H3/t14-/m0/s1. The minimum Gasteiger partial charge on any atom is -0.349 e. The van der Waals surface area contributed by atoms with E-state index in [0.717, 1.165) is 36.6 Å². The SMILES string of the molecule is CNCC(=O)N1CCC[C@H](c2nc(C)cc(CCC(=O)N(C)C)n2)C1. The zero-order chi connectivity index (χ0) is 18.4. The Morgan fingerprint density at radius 3 is 2.80 bits per heavy atom. The molecule has 0 bridgehead atoms. The van der Waals surface area contributed by atoms with Crippen LogP contribution in [-0.4, -0.2) is 72.4 Å². The summed E-state index contributed by atoms with van der Waals surface area (Å²) in [5.74, 6) is 1.18. The van der Waals surface area contributed by atoms with Crippen LogP contribution in [0.5, 0.6) is 0 Å². The molecule has 2 heterocycles. The van der Waals surface area contributed by atoms with Crippen LogP contribution < -0.4 is 5.32 Å². The van der Waals surface area contributed by atoms with Crippen molar-refractivity contribution >= 4 is 11.8 Å². The summed E-state index contributed by atoms with van der Waals surface area (Å²) in [6, 6.07) is 1.94. The summed E-state index contributed by atoms with van der Waals surface area (Å²) in [5, 5.41) is 2.92. The molecular formula is C18H29N5O2. The molecule has 1 fully saturated rings. The molecule has 1 atom stereocenters. The van der Waals surface area contributed by atoms with E-state index < -0.39 is 0 Å². The van der Waals surface area contributed by atoms with Gasteiger partial charge in [0.1, 0.15) is 5.82 Å². The highest BCUT2D eigenvalue weighted by Gasteiger charge is 2.26. The molecule has 1 aliphatic rings. The lowest BCUT2D eigenvalue weighted by atomic mass is 9.96. The van der Waals surface area contributed by atoms with Gasteiger partial charge in [0, 0.05) is 50.9 Å². The first-order chi connectivity index (χ1) is 11.9. The minimum atomic E-state index is 0.0966. The quantitative estimate of drug-likeness (QED) is 0.821. The number of nitrogens with zero attached hydrogens (tertiary/aromatic N) is 4. The molecule has 2 amide bonds. The number of likely N-dealkylation sites (tertiary alicyclic amines) is 1. The van der Waals surface area contributed by atoms with Gasteiger partial charge in [-0.15, -0.1) is 0 Å². The number of nitrogens with one attached hydrogen (secondary N) is 1. The van der Waals surface area contributed by atoms with Gasteiger partial charge in [-0.1, -0.05) is 0 Å². The molecule has 0 saturated carbocycles. The highest BCUT2D eigenvalue weighted by atomic mass is 16.2. The summed E-state index contributed by atoms with van der Waals surface area (Å²) >= 11 is 0. The molecule has 0 aromatic carbocycles. The third-order valence-electron chi connectivity index (χ3n) is 4.49. The van der Waals surface area contributed by atoms with Gasteiger partial charge in [0.05, 0.1) is 6.54 Å². The van der Waals surface area contributed by atoms with Gasteiger partial charge in [0.2, 0.25) is 11.8 Å². The lowest BCUT2D eigenvalue weighted by Gasteiger charge is -2.32. The van der Waals surface area contributed by atoms with Crippen LogP contribution in [0.1, 0.15) is 42.4 Å². The molecule has 1 aromatic heterocycles. The van der Waals surface area contributed by atoms with E-state index in [-0.39, 0.29) is 17.7 Å². The van der Waals surface area contributed by atoms with Crippen LogP contribution in [0.4, 0.5) is 0 Å². The molecule has 0 spiro atoms. The number of hydrogen-bond acceptors (Lipinski definition) is 5. The predicted molar refractivity (Wildman–Crippen MR) is 96.3 cm³/mol. The van der Waals surface area contributed by atoms with E-state index in [4.69, 9.17) is 4.98 Å². The summed E-state index contributed by atoms with van der Waals surface area (Å²) in [6.45, 7) is 3.78. The Bertz CT molecular complexity index is 617. The fourth-order valence-electron chi connectivity index (χ4n) is 3.11. The number of hydrogen-bond donors (Lipinski definition) is 1. The van der Waals surface area contributed by atoms with E-state index >= 15 is 0 Å². The minimum absolute atomic E-state index is 0.0966. The maximum atomic E-state index is 12.1.